The molecular weight excluding hydrogens is 614 g/mol. The molecule has 0 aliphatic rings. The summed E-state index contributed by atoms with van der Waals surface area (Å²) >= 11 is 0. The maximum absolute atomic E-state index is 13.9. The van der Waals surface area contributed by atoms with E-state index in [0.29, 0.717) is 11.3 Å². The molecule has 0 saturated heterocycles. The van der Waals surface area contributed by atoms with E-state index in [4.69, 9.17) is 5.73 Å². The average molecular weight is 652 g/mol. The van der Waals surface area contributed by atoms with Crippen molar-refractivity contribution in [3.8, 4) is 5.75 Å². The lowest BCUT2D eigenvalue weighted by atomic mass is 10.0. The maximum atomic E-state index is 13.9. The van der Waals surface area contributed by atoms with E-state index < -0.39 is 47.9 Å². The Morgan fingerprint density at radius 1 is 0.708 bits per heavy atom. The van der Waals surface area contributed by atoms with E-state index in [9.17, 15) is 29.4 Å². The highest BCUT2D eigenvalue weighted by Gasteiger charge is 2.31. The highest BCUT2D eigenvalue weighted by molar-refractivity contribution is 5.94. The van der Waals surface area contributed by atoms with Crippen LogP contribution in [0, 0.1) is 0 Å². The topological polar surface area (TPSA) is 215 Å². The second-order valence-electron chi connectivity index (χ2n) is 11.5. The van der Waals surface area contributed by atoms with Gasteiger partial charge in [-0.2, -0.15) is 0 Å². The molecule has 5 aromatic rings. The molecule has 5 rings (SSSR count). The number of hydrogen-bond donors (Lipinski definition) is 8. The van der Waals surface area contributed by atoms with Gasteiger partial charge in [0.05, 0.1) is 12.4 Å². The van der Waals surface area contributed by atoms with Crippen molar-refractivity contribution in [2.24, 2.45) is 5.73 Å². The molecule has 13 heteroatoms. The van der Waals surface area contributed by atoms with Crippen molar-refractivity contribution in [2.45, 2.75) is 49.9 Å². The van der Waals surface area contributed by atoms with Crippen LogP contribution in [0.4, 0.5) is 0 Å². The summed E-state index contributed by atoms with van der Waals surface area (Å²) in [5, 5.41) is 28.6. The molecule has 9 N–H and O–H groups in total. The Bertz CT molecular complexity index is 1840. The molecule has 2 aromatic heterocycles. The lowest BCUT2D eigenvalue weighted by Crippen LogP contribution is -2.58. The average Bonchev–Trinajstić information content (AvgIpc) is 3.75. The van der Waals surface area contributed by atoms with Gasteiger partial charge in [0, 0.05) is 48.3 Å². The minimum absolute atomic E-state index is 0.0227. The minimum Gasteiger partial charge on any atom is -0.508 e. The number of carbonyl (C=O) groups excluding carboxylic acids is 3. The van der Waals surface area contributed by atoms with Crippen LogP contribution >= 0.6 is 0 Å². The SMILES string of the molecule is NC(Cc1c[nH]c2ccccc12)C(=O)NC(Cc1ccc(O)cc1)C(=O)NC(Cc1ccccc1)C(=O)NC(Cc1cnc[nH]1)C(=O)O. The summed E-state index contributed by atoms with van der Waals surface area (Å²) in [7, 11) is 0. The van der Waals surface area contributed by atoms with Gasteiger partial charge in [-0.25, -0.2) is 9.78 Å². The number of aromatic hydroxyl groups is 1. The first kappa shape index (κ1) is 33.4. The van der Waals surface area contributed by atoms with Crippen molar-refractivity contribution in [2.75, 3.05) is 0 Å². The van der Waals surface area contributed by atoms with Crippen molar-refractivity contribution in [3.05, 3.63) is 120 Å². The number of aliphatic carboxylic acids is 1. The molecule has 4 unspecified atom stereocenters. The van der Waals surface area contributed by atoms with Gasteiger partial charge in [-0.15, -0.1) is 0 Å². The third-order valence-electron chi connectivity index (χ3n) is 7.97. The number of carboxylic acid groups (broad SMARTS) is 1. The van der Waals surface area contributed by atoms with Gasteiger partial charge in [-0.05, 0) is 41.3 Å². The Kier molecular flexibility index (Phi) is 10.8. The first-order valence-electron chi connectivity index (χ1n) is 15.4. The van der Waals surface area contributed by atoms with Crippen LogP contribution in [0.2, 0.25) is 0 Å². The molecule has 0 spiro atoms. The zero-order valence-corrected chi connectivity index (χ0v) is 25.9. The van der Waals surface area contributed by atoms with Crippen LogP contribution in [-0.4, -0.2) is 73.0 Å². The first-order chi connectivity index (χ1) is 23.2. The molecule has 48 heavy (non-hydrogen) atoms. The van der Waals surface area contributed by atoms with E-state index in [1.807, 2.05) is 30.3 Å². The van der Waals surface area contributed by atoms with Crippen molar-refractivity contribution < 1.29 is 29.4 Å². The van der Waals surface area contributed by atoms with Crippen molar-refractivity contribution in [3.63, 3.8) is 0 Å². The van der Waals surface area contributed by atoms with Crippen LogP contribution in [0.25, 0.3) is 10.9 Å². The number of phenolic OH excluding ortho intramolecular Hbond substituents is 1. The van der Waals surface area contributed by atoms with E-state index in [1.165, 1.54) is 24.7 Å². The lowest BCUT2D eigenvalue weighted by Gasteiger charge is -2.25. The molecule has 3 amide bonds. The molecule has 0 radical (unpaired) electrons. The Labute approximate surface area is 276 Å². The van der Waals surface area contributed by atoms with Crippen LogP contribution in [0.1, 0.15) is 22.4 Å². The summed E-state index contributed by atoms with van der Waals surface area (Å²) < 4.78 is 0. The van der Waals surface area contributed by atoms with Gasteiger partial charge < -0.3 is 41.9 Å². The van der Waals surface area contributed by atoms with Gasteiger partial charge in [0.25, 0.3) is 0 Å². The molecule has 0 fully saturated rings. The first-order valence-corrected chi connectivity index (χ1v) is 15.4. The number of aromatic nitrogens is 3. The molecule has 0 aliphatic carbocycles. The number of nitrogens with two attached hydrogens (primary N) is 1. The summed E-state index contributed by atoms with van der Waals surface area (Å²) in [6.45, 7) is 0. The number of para-hydroxylation sites is 1. The smallest absolute Gasteiger partial charge is 0.326 e. The summed E-state index contributed by atoms with van der Waals surface area (Å²) in [6.07, 6.45) is 4.89. The number of benzene rings is 3. The predicted octanol–water partition coefficient (Wildman–Crippen LogP) is 1.73. The number of carboxylic acids is 1. The highest BCUT2D eigenvalue weighted by atomic mass is 16.4. The van der Waals surface area contributed by atoms with Crippen LogP contribution < -0.4 is 21.7 Å². The third-order valence-corrected chi connectivity index (χ3v) is 7.97. The van der Waals surface area contributed by atoms with Gasteiger partial charge >= 0.3 is 5.97 Å². The van der Waals surface area contributed by atoms with E-state index in [-0.39, 0.29) is 31.4 Å². The zero-order valence-electron chi connectivity index (χ0n) is 25.9. The van der Waals surface area contributed by atoms with E-state index >= 15 is 0 Å². The fraction of sp³-hybridized carbons (Fsp3) is 0.229. The highest BCUT2D eigenvalue weighted by Crippen LogP contribution is 2.19. The number of H-pyrrole nitrogens is 2. The number of amides is 3. The van der Waals surface area contributed by atoms with Gasteiger partial charge in [0.15, 0.2) is 0 Å². The third kappa shape index (κ3) is 8.85. The standard InChI is InChI=1S/C35H37N7O6/c36-27(16-23-18-38-28-9-5-4-8-26(23)28)32(44)40-29(15-22-10-12-25(43)13-11-22)33(45)41-30(14-21-6-2-1-3-7-21)34(46)42-31(35(47)48)17-24-19-37-20-39-24/h1-13,18-20,27,29-31,38,43H,14-17,36H2,(H,37,39)(H,40,44)(H,41,45)(H,42,46)(H,47,48). The number of nitrogens with one attached hydrogen (secondary N) is 5. The van der Waals surface area contributed by atoms with Crippen LogP contribution in [-0.2, 0) is 44.9 Å². The number of phenols is 1. The van der Waals surface area contributed by atoms with Crippen LogP contribution in [0.5, 0.6) is 5.75 Å². The molecule has 3 aromatic carbocycles. The van der Waals surface area contributed by atoms with E-state index in [0.717, 1.165) is 22.0 Å². The maximum Gasteiger partial charge on any atom is 0.326 e. The lowest BCUT2D eigenvalue weighted by molar-refractivity contribution is -0.142. The quantitative estimate of drug-likeness (QED) is 0.0832. The Morgan fingerprint density at radius 3 is 1.96 bits per heavy atom. The summed E-state index contributed by atoms with van der Waals surface area (Å²) in [5.41, 5.74) is 9.94. The Hall–Kier alpha value is -5.95. The molecule has 2 heterocycles. The van der Waals surface area contributed by atoms with Crippen molar-refractivity contribution in [1.29, 1.82) is 0 Å². The second kappa shape index (κ2) is 15.6. The molecule has 0 bridgehead atoms. The summed E-state index contributed by atoms with van der Waals surface area (Å²) in [4.78, 5) is 62.9. The van der Waals surface area contributed by atoms with Gasteiger partial charge in [-0.3, -0.25) is 14.4 Å². The molecule has 13 nitrogen and oxygen atoms in total. The van der Waals surface area contributed by atoms with Gasteiger partial charge in [-0.1, -0.05) is 60.7 Å². The zero-order chi connectivity index (χ0) is 34.0. The number of nitrogens with zero attached hydrogens (tertiary/aromatic N) is 1. The van der Waals surface area contributed by atoms with E-state index in [1.54, 1.807) is 42.6 Å². The number of hydrogen-bond acceptors (Lipinski definition) is 7. The summed E-state index contributed by atoms with van der Waals surface area (Å²) in [6, 6.07) is 18.1. The second-order valence-corrected chi connectivity index (χ2v) is 11.5. The molecule has 4 atom stereocenters. The van der Waals surface area contributed by atoms with Gasteiger partial charge in [0.1, 0.15) is 23.9 Å². The normalized spacial score (nSPS) is 13.6. The molecular formula is C35H37N7O6. The molecule has 248 valence electrons. The Balaban J connectivity index is 1.35. The van der Waals surface area contributed by atoms with Crippen LogP contribution in [0.3, 0.4) is 0 Å². The van der Waals surface area contributed by atoms with Crippen molar-refractivity contribution >= 4 is 34.6 Å². The monoisotopic (exact) mass is 651 g/mol. The summed E-state index contributed by atoms with van der Waals surface area (Å²) in [5.74, 6) is -3.19. The fourth-order valence-electron chi connectivity index (χ4n) is 5.41. The fourth-order valence-corrected chi connectivity index (χ4v) is 5.41. The number of carbonyl (C=O) groups is 4. The van der Waals surface area contributed by atoms with E-state index in [2.05, 4.69) is 30.9 Å². The van der Waals surface area contributed by atoms with Crippen LogP contribution in [0.15, 0.2) is 97.6 Å². The number of fused-ring (bicyclic) bond motifs is 1. The number of imidazole rings is 1. The Morgan fingerprint density at radius 2 is 1.31 bits per heavy atom. The predicted molar refractivity (Wildman–Crippen MR) is 178 cm³/mol. The van der Waals surface area contributed by atoms with Crippen molar-refractivity contribution in [1.82, 2.24) is 30.9 Å². The molecule has 0 saturated carbocycles. The molecule has 0 aliphatic heterocycles. The van der Waals surface area contributed by atoms with Gasteiger partial charge in [0.2, 0.25) is 17.7 Å². The minimum atomic E-state index is -1.30. The number of rotatable bonds is 15. The largest absolute Gasteiger partial charge is 0.508 e. The number of aromatic amines is 2.